The molecule has 4 fully saturated rings. The van der Waals surface area contributed by atoms with E-state index >= 15 is 47.9 Å². The highest BCUT2D eigenvalue weighted by atomic mass is 32.2. The summed E-state index contributed by atoms with van der Waals surface area (Å²) in [6.45, 7) is 8.40. The zero-order valence-corrected chi connectivity index (χ0v) is 83.9. The number of nitrogens with one attached hydrogen (secondary N) is 12. The zero-order valence-electron chi connectivity index (χ0n) is 83.1. The van der Waals surface area contributed by atoms with E-state index in [0.29, 0.717) is 64.2 Å². The van der Waals surface area contributed by atoms with E-state index in [0.717, 1.165) is 36.3 Å². The summed E-state index contributed by atoms with van der Waals surface area (Å²) < 4.78 is 1.42. The average Bonchev–Trinajstić information content (AvgIpc) is 1.69. The van der Waals surface area contributed by atoms with Gasteiger partial charge in [-0.25, -0.2) is 0 Å². The molecule has 9 rings (SSSR count). The Morgan fingerprint density at radius 1 is 0.524 bits per heavy atom. The maximum absolute atomic E-state index is 16.0. The quantitative estimate of drug-likeness (QED) is 0.0222. The number of carbonyl (C=O) groups is 18. The van der Waals surface area contributed by atoms with Crippen LogP contribution in [0.25, 0.3) is 21.8 Å². The molecule has 145 heavy (non-hydrogen) atoms. The van der Waals surface area contributed by atoms with E-state index in [9.17, 15) is 79.2 Å². The number of phenols is 1. The topological polar surface area (TPSA) is 716 Å². The van der Waals surface area contributed by atoms with Gasteiger partial charge < -0.3 is 151 Å². The number of para-hydroxylation sites is 2. The summed E-state index contributed by atoms with van der Waals surface area (Å²) in [5.74, 6) is -20.3. The number of primary amides is 2. The Morgan fingerprint density at radius 3 is 1.69 bits per heavy atom. The molecule has 5 aromatic rings. The van der Waals surface area contributed by atoms with Crippen molar-refractivity contribution in [1.82, 2.24) is 92.5 Å². The number of carbonyl (C=O) groups excluding carboxylic acids is 17. The first-order chi connectivity index (χ1) is 68.7. The number of nitrogens with zero attached hydrogens (tertiary/aromatic N) is 6. The van der Waals surface area contributed by atoms with Crippen LogP contribution in [0.1, 0.15) is 149 Å². The van der Waals surface area contributed by atoms with Crippen LogP contribution in [0.15, 0.2) is 85.2 Å². The molecule has 0 bridgehead atoms. The van der Waals surface area contributed by atoms with Crippen LogP contribution in [0.3, 0.4) is 0 Å². The lowest BCUT2D eigenvalue weighted by atomic mass is 9.83. The number of aliphatic hydroxyl groups excluding tert-OH is 6. The van der Waals surface area contributed by atoms with Crippen LogP contribution >= 0.6 is 11.8 Å². The van der Waals surface area contributed by atoms with Gasteiger partial charge in [-0.1, -0.05) is 116 Å². The summed E-state index contributed by atoms with van der Waals surface area (Å²) in [7, 11) is 3.83. The van der Waals surface area contributed by atoms with Gasteiger partial charge in [0.2, 0.25) is 100 Å². The summed E-state index contributed by atoms with van der Waals surface area (Å²) >= 11 is 0.755. The number of aromatic hydroxyl groups is 1. The largest absolute Gasteiger partial charge is 0.508 e. The fraction of sp³-hybridized carbons (Fsp3) is 0.588. The lowest BCUT2D eigenvalue weighted by Gasteiger charge is -2.42. The number of carboxylic acids is 1. The molecule has 796 valence electrons. The van der Waals surface area contributed by atoms with Gasteiger partial charge in [0, 0.05) is 106 Å². The molecule has 4 aliphatic rings. The zero-order chi connectivity index (χ0) is 107. The van der Waals surface area contributed by atoms with Gasteiger partial charge in [-0.15, -0.1) is 11.8 Å². The van der Waals surface area contributed by atoms with Crippen molar-refractivity contribution in [2.75, 3.05) is 65.4 Å². The molecule has 2 unspecified atom stereocenters. The molecule has 0 radical (unpaired) electrons. The third kappa shape index (κ3) is 31.1. The van der Waals surface area contributed by atoms with Gasteiger partial charge >= 0.3 is 5.97 Å². The highest BCUT2D eigenvalue weighted by molar-refractivity contribution is 8.00. The van der Waals surface area contributed by atoms with Gasteiger partial charge in [-0.05, 0) is 111 Å². The minimum atomic E-state index is -2.11. The molecular formula is C97H141N21O26S. The maximum Gasteiger partial charge on any atom is 0.323 e. The predicted molar refractivity (Wildman–Crippen MR) is 527 cm³/mol. The highest BCUT2D eigenvalue weighted by Gasteiger charge is 2.51. The summed E-state index contributed by atoms with van der Waals surface area (Å²) in [4.78, 5) is 274. The third-order valence-corrected chi connectivity index (χ3v) is 27.6. The number of carboxylic acid groups (broad SMARTS) is 1. The van der Waals surface area contributed by atoms with Crippen LogP contribution in [0.2, 0.25) is 0 Å². The number of hydrogen-bond donors (Lipinski definition) is 23. The molecule has 26 N–H and O–H groups in total. The summed E-state index contributed by atoms with van der Waals surface area (Å²) in [5, 5.41) is 117. The number of phenolic OH excluding ortho intramolecular Hbond substituents is 1. The summed E-state index contributed by atoms with van der Waals surface area (Å²) in [6, 6.07) is -5.70. The Labute approximate surface area is 842 Å². The number of hydrogen-bond acceptors (Lipinski definition) is 28. The molecule has 47 nitrogen and oxygen atoms in total. The number of aromatic nitrogens is 2. The van der Waals surface area contributed by atoms with Gasteiger partial charge in [0.05, 0.1) is 30.9 Å². The Bertz CT molecular complexity index is 5420. The molecule has 1 saturated carbocycles. The molecule has 3 aliphatic heterocycles. The molecule has 48 heteroatoms. The van der Waals surface area contributed by atoms with Crippen LogP contribution in [0.4, 0.5) is 0 Å². The number of H-pyrrole nitrogens is 1. The van der Waals surface area contributed by atoms with E-state index in [1.807, 2.05) is 13.8 Å². The lowest BCUT2D eigenvalue weighted by molar-refractivity contribution is -0.190. The molecule has 3 saturated heterocycles. The molecule has 0 spiro atoms. The van der Waals surface area contributed by atoms with E-state index in [1.165, 1.54) is 63.1 Å². The minimum absolute atomic E-state index is 0.0210. The lowest BCUT2D eigenvalue weighted by Crippen LogP contribution is -2.69. The molecule has 5 heterocycles. The number of aliphatic hydroxyl groups is 6. The number of rotatable bonds is 28. The third-order valence-electron chi connectivity index (χ3n) is 26.5. The highest BCUT2D eigenvalue weighted by Crippen LogP contribution is 2.30. The fourth-order valence-corrected chi connectivity index (χ4v) is 19.4. The first-order valence-electron chi connectivity index (χ1n) is 48.9. The molecule has 21 atom stereocenters. The van der Waals surface area contributed by atoms with Crippen molar-refractivity contribution < 1.29 is 127 Å². The van der Waals surface area contributed by atoms with Crippen molar-refractivity contribution in [1.29, 1.82) is 0 Å². The second kappa shape index (κ2) is 53.7. The Hall–Kier alpha value is -13.0. The van der Waals surface area contributed by atoms with Gasteiger partial charge in [0.15, 0.2) is 0 Å². The van der Waals surface area contributed by atoms with E-state index in [4.69, 9.17) is 17.2 Å². The summed E-state index contributed by atoms with van der Waals surface area (Å²) in [5.41, 5.74) is 19.6. The number of amides is 17. The number of aliphatic carboxylic acids is 1. The normalized spacial score (nSPS) is 27.7. The Kier molecular flexibility index (Phi) is 42.8. The van der Waals surface area contributed by atoms with Crippen LogP contribution in [-0.4, -0.2) is 374 Å². The fourth-order valence-electron chi connectivity index (χ4n) is 18.5. The Balaban J connectivity index is 1.14. The molecule has 3 aromatic carbocycles. The van der Waals surface area contributed by atoms with E-state index in [-0.39, 0.29) is 82.5 Å². The van der Waals surface area contributed by atoms with Crippen molar-refractivity contribution in [3.05, 3.63) is 102 Å². The van der Waals surface area contributed by atoms with Gasteiger partial charge in [0.25, 0.3) is 0 Å². The maximum atomic E-state index is 16.0. The number of aromatic amines is 1. The van der Waals surface area contributed by atoms with E-state index in [1.54, 1.807) is 82.4 Å². The number of likely N-dealkylation sites (N-methyl/N-ethyl adjacent to an activating group) is 3. The molecule has 2 aromatic heterocycles. The van der Waals surface area contributed by atoms with Gasteiger partial charge in [0.1, 0.15) is 127 Å². The molecular weight excluding hydrogens is 1910 g/mol. The van der Waals surface area contributed by atoms with E-state index < -0.39 is 297 Å². The van der Waals surface area contributed by atoms with Crippen LogP contribution in [-0.2, 0) is 112 Å². The number of benzene rings is 3. The number of fused-ring (bicyclic) bond motifs is 4. The van der Waals surface area contributed by atoms with Crippen molar-refractivity contribution in [2.24, 2.45) is 29.0 Å². The number of thioether (sulfide) groups is 1. The molecule has 1 aliphatic carbocycles. The van der Waals surface area contributed by atoms with Crippen molar-refractivity contribution >= 4 is 140 Å². The number of nitrogens with two attached hydrogens (primary N) is 3. The van der Waals surface area contributed by atoms with Gasteiger partial charge in [-0.2, -0.15) is 0 Å². The molecule has 17 amide bonds. The van der Waals surface area contributed by atoms with Crippen LogP contribution in [0, 0.1) is 11.8 Å². The SMILES string of the molecule is CCCC[C@H]1C(=O)N(C)[C@@H](CCCC)C(=O)N[C@@H](CC(C)C)C(=O)N[C@H](C(=O)NCC(N)=O)CSCC(=O)N[C@@H](Cc2ccc(O)cc2)C(=O)N(C)[C@@H](C)C(=O)N[C@@H](CC(N)=O)C(=O)N2CCC[C@H]2C(=O)N[C@@H](CNC2[C@@H](O)[C@@H](O)C(O)[C@H](O)[C@H]2O)C(=O)N[C@@H](CC(C)C)C(=O)N2C[C@H](O)C[C@H]2C(=O)N[C@@H](Cc2c[nH]c3ccccc23)C(=O)N[C@@H](CCN)C(=O)N[C@@H](Cc2cn(CC(=O)O)c3ccccc23)C(=O)N1C. The number of unbranched alkanes of at least 4 members (excludes halogenated alkanes) is 2. The minimum Gasteiger partial charge on any atom is -0.508 e. The first kappa shape index (κ1) is 116. The van der Waals surface area contributed by atoms with Gasteiger partial charge in [-0.3, -0.25) is 86.3 Å². The predicted octanol–water partition coefficient (Wildman–Crippen LogP) is -5.42. The van der Waals surface area contributed by atoms with Crippen molar-refractivity contribution in [2.45, 2.75) is 285 Å². The summed E-state index contributed by atoms with van der Waals surface area (Å²) in [6.07, 6.45) is -10.7. The van der Waals surface area contributed by atoms with E-state index in [2.05, 4.69) is 63.5 Å². The smallest absolute Gasteiger partial charge is 0.323 e. The standard InChI is InChI=1S/C97H141N21O26S/c1-11-13-23-70-90(137)106-61(34-49(3)4)87(134)112-68(85(132)103-43-75(100)122)47-145-48-76(123)104-64(36-52-27-29-55(119)30-28-52)93(140)113(8)51(7)84(131)108-66(40-74(99)121)95(142)117-33-19-26-71(117)91(138)111-67(42-102-78-79(126)81(128)83(130)82(129)80(78)127)89(136)109-63(35-50(5)6)96(143)118-45-56(120)39-73(118)92(139)107-62(37-53-41-101-59-22-17-15-20-57(53)59)88(135)105-60(31-32-98)86(133)110-65(94(141)115(10)72(24-14-12-2)97(144)114(70)9)38-54-44-116(46-77(124)125)69-25-18-16-21-58(54)69/h15-18,20-22,25,27-30,41,44,49-51,56,60-68,70-73,78-83,101-102,119-120,126-130H,11-14,19,23-24,26,31-40,42-43,45-48,98H2,1-10H3,(H2,99,121)(H2,100,122)(H,103,132)(H,104,123)(H,105,135)(H,106,137)(H,107,139)(H,108,131)(H,109,136)(H,110,133)(H,111,138)(H,112,134)(H,124,125)/t51-,56+,60-,61-,62-,63-,64-,65-,66-,67-,68-,70-,71-,72-,73-,78?,79-,80+,81+,82+,83?/m0/s1. The van der Waals surface area contributed by atoms with Crippen molar-refractivity contribution in [3.8, 4) is 5.75 Å². The first-order valence-corrected chi connectivity index (χ1v) is 50.0. The average molecular weight is 2050 g/mol. The second-order valence-corrected chi connectivity index (χ2v) is 39.5. The Morgan fingerprint density at radius 2 is 1.06 bits per heavy atom. The van der Waals surface area contributed by atoms with Crippen molar-refractivity contribution in [3.63, 3.8) is 0 Å². The monoisotopic (exact) mass is 2050 g/mol. The second-order valence-electron chi connectivity index (χ2n) is 38.5. The van der Waals surface area contributed by atoms with Crippen LogP contribution < -0.4 is 75.7 Å². The van der Waals surface area contributed by atoms with Crippen LogP contribution in [0.5, 0.6) is 5.75 Å².